The molecule has 1 aliphatic carbocycles. The van der Waals surface area contributed by atoms with Crippen LogP contribution in [-0.2, 0) is 0 Å². The second kappa shape index (κ2) is 3.53. The van der Waals surface area contributed by atoms with Gasteiger partial charge in [0.05, 0.1) is 0 Å². The van der Waals surface area contributed by atoms with Crippen LogP contribution in [0.2, 0.25) is 0 Å². The van der Waals surface area contributed by atoms with E-state index in [1.165, 1.54) is 32.1 Å². The maximum atomic E-state index is 3.43. The highest BCUT2D eigenvalue weighted by molar-refractivity contribution is 6.25. The summed E-state index contributed by atoms with van der Waals surface area (Å²) in [4.78, 5) is 0. The van der Waals surface area contributed by atoms with Gasteiger partial charge >= 0.3 is 0 Å². The molecule has 0 N–H and O–H groups in total. The van der Waals surface area contributed by atoms with E-state index in [1.54, 1.807) is 0 Å². The summed E-state index contributed by atoms with van der Waals surface area (Å²) in [5.41, 5.74) is 0. The Balaban J connectivity index is 2.23. The minimum absolute atomic E-state index is 0.715. The maximum Gasteiger partial charge on any atom is 0.135 e. The first-order chi connectivity index (χ1) is 4.30. The molecular weight excluding hydrogens is 142 g/mol. The van der Waals surface area contributed by atoms with E-state index in [0.29, 0.717) is 6.04 Å². The summed E-state index contributed by atoms with van der Waals surface area (Å²) >= 11 is 0. The van der Waals surface area contributed by atoms with Crippen LogP contribution in [-0.4, -0.2) is 31.1 Å². The molecule has 1 fully saturated rings. The third kappa shape index (κ3) is 2.23. The second-order valence-corrected chi connectivity index (χ2v) is 4.07. The van der Waals surface area contributed by atoms with E-state index >= 15 is 0 Å². The van der Waals surface area contributed by atoms with Crippen molar-refractivity contribution in [3.05, 3.63) is 0 Å². The average molecular weight is 153 g/mol. The van der Waals surface area contributed by atoms with Crippen molar-refractivity contribution in [2.75, 3.05) is 0 Å². The van der Waals surface area contributed by atoms with Crippen LogP contribution in [0.3, 0.4) is 0 Å². The molecule has 1 rings (SSSR count). The molecule has 0 bridgehead atoms. The Morgan fingerprint density at radius 3 is 1.89 bits per heavy atom. The molecule has 0 amide bonds. The molecule has 0 saturated heterocycles. The number of nitrogens with zero attached hydrogens (tertiary/aromatic N) is 1. The predicted octanol–water partition coefficient (Wildman–Crippen LogP) is 0.788. The van der Waals surface area contributed by atoms with Crippen LogP contribution in [0.1, 0.15) is 32.1 Å². The van der Waals surface area contributed by atoms with Gasteiger partial charge < -0.3 is 4.23 Å². The molecule has 48 valence electrons. The lowest BCUT2D eigenvalue weighted by Gasteiger charge is -2.27. The van der Waals surface area contributed by atoms with Gasteiger partial charge in [-0.05, 0) is 18.9 Å². The minimum Gasteiger partial charge on any atom is -0.350 e. The van der Waals surface area contributed by atoms with Gasteiger partial charge in [0.2, 0.25) is 0 Å². The molecule has 1 aliphatic rings. The lowest BCUT2D eigenvalue weighted by Crippen LogP contribution is -2.32. The number of hydrogen-bond acceptors (Lipinski definition) is 1. The van der Waals surface area contributed by atoms with E-state index in [0.717, 1.165) is 0 Å². The SMILES string of the molecule is [Si]N([Si])C1CCCCC1. The summed E-state index contributed by atoms with van der Waals surface area (Å²) in [6, 6.07) is 0.715. The molecule has 0 aromatic carbocycles. The molecule has 0 aromatic rings. The lowest BCUT2D eigenvalue weighted by atomic mass is 9.96. The quantitative estimate of drug-likeness (QED) is 0.503. The minimum atomic E-state index is 0.715. The van der Waals surface area contributed by atoms with Crippen molar-refractivity contribution >= 4 is 20.8 Å². The topological polar surface area (TPSA) is 3.24 Å². The van der Waals surface area contributed by atoms with Gasteiger partial charge in [-0.15, -0.1) is 0 Å². The van der Waals surface area contributed by atoms with Gasteiger partial charge in [0, 0.05) is 0 Å². The van der Waals surface area contributed by atoms with Crippen LogP contribution in [0.4, 0.5) is 0 Å². The fourth-order valence-corrected chi connectivity index (χ4v) is 1.86. The molecule has 0 aromatic heterocycles. The highest BCUT2D eigenvalue weighted by atomic mass is 28.2. The van der Waals surface area contributed by atoms with Gasteiger partial charge in [-0.25, -0.2) is 0 Å². The van der Waals surface area contributed by atoms with Crippen molar-refractivity contribution in [1.29, 1.82) is 0 Å². The lowest BCUT2D eigenvalue weighted by molar-refractivity contribution is 0.349. The van der Waals surface area contributed by atoms with Gasteiger partial charge in [0.15, 0.2) is 0 Å². The van der Waals surface area contributed by atoms with Crippen molar-refractivity contribution < 1.29 is 0 Å². The average Bonchev–Trinajstić information content (AvgIpc) is 1.90. The fraction of sp³-hybridized carbons (Fsp3) is 1.00. The molecule has 6 radical (unpaired) electrons. The predicted molar refractivity (Wildman–Crippen MR) is 40.2 cm³/mol. The highest BCUT2D eigenvalue weighted by Crippen LogP contribution is 2.19. The molecule has 0 aliphatic heterocycles. The number of hydrogen-bond donors (Lipinski definition) is 0. The third-order valence-corrected chi connectivity index (χ3v) is 2.67. The first kappa shape index (κ1) is 7.50. The van der Waals surface area contributed by atoms with Gasteiger partial charge in [0.1, 0.15) is 20.8 Å². The van der Waals surface area contributed by atoms with E-state index in [9.17, 15) is 0 Å². The zero-order chi connectivity index (χ0) is 6.69. The first-order valence-corrected chi connectivity index (χ1v) is 4.42. The van der Waals surface area contributed by atoms with Crippen LogP contribution in [0.15, 0.2) is 0 Å². The Hall–Kier alpha value is 0.394. The standard InChI is InChI=1S/C6H11NSi2/c8-7(9)6-4-2-1-3-5-6/h6H,1-5H2. The Bertz CT molecular complexity index is 79.1. The zero-order valence-electron chi connectivity index (χ0n) is 5.56. The Morgan fingerprint density at radius 1 is 1.00 bits per heavy atom. The second-order valence-electron chi connectivity index (χ2n) is 2.66. The molecule has 3 heteroatoms. The first-order valence-electron chi connectivity index (χ1n) is 3.52. The van der Waals surface area contributed by atoms with E-state index < -0.39 is 0 Å². The Morgan fingerprint density at radius 2 is 1.56 bits per heavy atom. The number of rotatable bonds is 1. The van der Waals surface area contributed by atoms with Crippen LogP contribution >= 0.6 is 0 Å². The van der Waals surface area contributed by atoms with Crippen LogP contribution in [0, 0.1) is 0 Å². The fourth-order valence-electron chi connectivity index (χ4n) is 1.34. The van der Waals surface area contributed by atoms with Crippen molar-refractivity contribution in [2.24, 2.45) is 0 Å². The molecule has 0 spiro atoms. The molecule has 1 saturated carbocycles. The van der Waals surface area contributed by atoms with Gasteiger partial charge in [-0.1, -0.05) is 19.3 Å². The summed E-state index contributed by atoms with van der Waals surface area (Å²) in [5, 5.41) is 0. The largest absolute Gasteiger partial charge is 0.350 e. The molecule has 0 heterocycles. The van der Waals surface area contributed by atoms with Gasteiger partial charge in [-0.3, -0.25) is 0 Å². The molecule has 9 heavy (non-hydrogen) atoms. The highest BCUT2D eigenvalue weighted by Gasteiger charge is 2.13. The van der Waals surface area contributed by atoms with E-state index in [1.807, 2.05) is 4.23 Å². The van der Waals surface area contributed by atoms with Crippen LogP contribution in [0.5, 0.6) is 0 Å². The Labute approximate surface area is 63.8 Å². The third-order valence-electron chi connectivity index (χ3n) is 1.94. The summed E-state index contributed by atoms with van der Waals surface area (Å²) in [7, 11) is 6.86. The van der Waals surface area contributed by atoms with Crippen molar-refractivity contribution in [1.82, 2.24) is 4.23 Å². The molecule has 0 unspecified atom stereocenters. The van der Waals surface area contributed by atoms with Gasteiger partial charge in [-0.2, -0.15) is 0 Å². The van der Waals surface area contributed by atoms with E-state index in [-0.39, 0.29) is 0 Å². The molecular formula is C6H11NSi2. The normalized spacial score (nSPS) is 23.0. The summed E-state index contributed by atoms with van der Waals surface area (Å²) in [6.45, 7) is 0. The Kier molecular flexibility index (Phi) is 2.95. The summed E-state index contributed by atoms with van der Waals surface area (Å²) < 4.78 is 1.97. The molecule has 0 atom stereocenters. The van der Waals surface area contributed by atoms with E-state index in [4.69, 9.17) is 0 Å². The summed E-state index contributed by atoms with van der Waals surface area (Å²) in [6.07, 6.45) is 6.84. The van der Waals surface area contributed by atoms with Gasteiger partial charge in [0.25, 0.3) is 0 Å². The van der Waals surface area contributed by atoms with Crippen molar-refractivity contribution in [2.45, 2.75) is 38.1 Å². The van der Waals surface area contributed by atoms with Crippen molar-refractivity contribution in [3.8, 4) is 0 Å². The maximum absolute atomic E-state index is 3.43. The smallest absolute Gasteiger partial charge is 0.135 e. The van der Waals surface area contributed by atoms with Crippen LogP contribution < -0.4 is 0 Å². The molecule has 1 nitrogen and oxygen atoms in total. The summed E-state index contributed by atoms with van der Waals surface area (Å²) in [5.74, 6) is 0. The van der Waals surface area contributed by atoms with Crippen LogP contribution in [0.25, 0.3) is 0 Å². The zero-order valence-corrected chi connectivity index (χ0v) is 7.56. The van der Waals surface area contributed by atoms with E-state index in [2.05, 4.69) is 20.8 Å². The monoisotopic (exact) mass is 153 g/mol. The van der Waals surface area contributed by atoms with Crippen molar-refractivity contribution in [3.63, 3.8) is 0 Å².